The number of nitrogens with zero attached hydrogens (tertiary/aromatic N) is 8. The summed E-state index contributed by atoms with van der Waals surface area (Å²) in [6, 6.07) is 0.370. The fraction of sp³-hybridized carbons (Fsp3) is 0.556. The lowest BCUT2D eigenvalue weighted by molar-refractivity contribution is -0.119. The van der Waals surface area contributed by atoms with Crippen LogP contribution >= 0.6 is 11.6 Å². The minimum atomic E-state index is -0.139. The number of hydrogen-bond donors (Lipinski definition) is 0. The summed E-state index contributed by atoms with van der Waals surface area (Å²) < 4.78 is 5.35. The molecule has 250 valence electrons. The zero-order valence-corrected chi connectivity index (χ0v) is 29.5. The van der Waals surface area contributed by atoms with Gasteiger partial charge in [-0.1, -0.05) is 53.1 Å². The standard InChI is InChI=1S/C36H47ClN8O2/c1-8-47-34-42-18-24(19-43-34)28-21-41-30(22-39-28)45(31(46)13-15-35(2,3)4)25-11-9-23(10-12-25)17-29-40-20-26(36(5,6)7)32(44-29)33-27(37)14-16-38-33/h14,18-23,25H,8-13,15-17H2,1-7H3. The molecular weight excluding hydrogens is 612 g/mol. The summed E-state index contributed by atoms with van der Waals surface area (Å²) in [4.78, 5) is 48.0. The van der Waals surface area contributed by atoms with Crippen LogP contribution < -0.4 is 9.64 Å². The number of rotatable bonds is 10. The average molecular weight is 659 g/mol. The topological polar surface area (TPSA) is 119 Å². The van der Waals surface area contributed by atoms with Gasteiger partial charge in [-0.05, 0) is 61.9 Å². The molecule has 1 fully saturated rings. The van der Waals surface area contributed by atoms with Crippen molar-refractivity contribution in [3.8, 4) is 17.3 Å². The van der Waals surface area contributed by atoms with Crippen LogP contribution in [0, 0.1) is 11.3 Å². The quantitative estimate of drug-likeness (QED) is 0.222. The van der Waals surface area contributed by atoms with Crippen LogP contribution in [0.5, 0.6) is 6.01 Å². The molecule has 0 bridgehead atoms. The molecule has 11 heteroatoms. The lowest BCUT2D eigenvalue weighted by atomic mass is 9.82. The third-order valence-electron chi connectivity index (χ3n) is 8.71. The van der Waals surface area contributed by atoms with E-state index in [-0.39, 0.29) is 22.8 Å². The number of anilines is 1. The van der Waals surface area contributed by atoms with E-state index in [4.69, 9.17) is 31.3 Å². The highest BCUT2D eigenvalue weighted by Crippen LogP contribution is 2.34. The predicted molar refractivity (Wildman–Crippen MR) is 186 cm³/mol. The molecule has 0 unspecified atom stereocenters. The van der Waals surface area contributed by atoms with Gasteiger partial charge in [0.05, 0.1) is 42.0 Å². The molecule has 5 rings (SSSR count). The first kappa shape index (κ1) is 34.5. The average Bonchev–Trinajstić information content (AvgIpc) is 3.46. The number of aromatic nitrogens is 6. The Morgan fingerprint density at radius 1 is 0.936 bits per heavy atom. The van der Waals surface area contributed by atoms with Crippen molar-refractivity contribution in [2.45, 2.75) is 105 Å². The third kappa shape index (κ3) is 8.77. The number of carbonyl (C=O) groups is 1. The Morgan fingerprint density at radius 3 is 2.23 bits per heavy atom. The van der Waals surface area contributed by atoms with Gasteiger partial charge in [0.1, 0.15) is 11.5 Å². The first-order chi connectivity index (χ1) is 22.3. The highest BCUT2D eigenvalue weighted by Gasteiger charge is 2.33. The molecule has 1 aliphatic carbocycles. The van der Waals surface area contributed by atoms with Crippen molar-refractivity contribution in [1.82, 2.24) is 29.9 Å². The molecule has 0 aromatic carbocycles. The van der Waals surface area contributed by atoms with E-state index in [1.807, 2.05) is 24.1 Å². The Bertz CT molecular complexity index is 1600. The normalized spacial score (nSPS) is 18.5. The van der Waals surface area contributed by atoms with E-state index < -0.39 is 0 Å². The zero-order valence-electron chi connectivity index (χ0n) is 28.8. The van der Waals surface area contributed by atoms with E-state index >= 15 is 0 Å². The van der Waals surface area contributed by atoms with Crippen LogP contribution in [0.15, 0.2) is 47.1 Å². The summed E-state index contributed by atoms with van der Waals surface area (Å²) in [5.41, 5.74) is 3.93. The van der Waals surface area contributed by atoms with Crippen LogP contribution in [0.25, 0.3) is 11.3 Å². The summed E-state index contributed by atoms with van der Waals surface area (Å²) in [5, 5.41) is 0.654. The third-order valence-corrected chi connectivity index (χ3v) is 9.04. The highest BCUT2D eigenvalue weighted by molar-refractivity contribution is 6.46. The molecule has 1 aliphatic heterocycles. The molecule has 2 aliphatic rings. The highest BCUT2D eigenvalue weighted by atomic mass is 35.5. The van der Waals surface area contributed by atoms with Crippen LogP contribution in [0.3, 0.4) is 0 Å². The predicted octanol–water partition coefficient (Wildman–Crippen LogP) is 7.31. The summed E-state index contributed by atoms with van der Waals surface area (Å²) in [6.07, 6.45) is 16.3. The zero-order chi connectivity index (χ0) is 33.8. The minimum absolute atomic E-state index is 0.0456. The number of carbonyl (C=O) groups excluding carboxylic acids is 1. The van der Waals surface area contributed by atoms with Gasteiger partial charge in [-0.15, -0.1) is 0 Å². The van der Waals surface area contributed by atoms with Crippen molar-refractivity contribution in [2.24, 2.45) is 16.3 Å². The van der Waals surface area contributed by atoms with Gasteiger partial charge < -0.3 is 4.74 Å². The van der Waals surface area contributed by atoms with Crippen LogP contribution in [0.4, 0.5) is 5.82 Å². The molecule has 0 radical (unpaired) electrons. The maximum atomic E-state index is 13.8. The van der Waals surface area contributed by atoms with Gasteiger partial charge in [0.2, 0.25) is 5.91 Å². The first-order valence-corrected chi connectivity index (χ1v) is 17.1. The smallest absolute Gasteiger partial charge is 0.316 e. The van der Waals surface area contributed by atoms with Crippen molar-refractivity contribution in [2.75, 3.05) is 18.1 Å². The van der Waals surface area contributed by atoms with Gasteiger partial charge in [-0.3, -0.25) is 19.7 Å². The lowest BCUT2D eigenvalue weighted by Gasteiger charge is -2.36. The van der Waals surface area contributed by atoms with E-state index in [1.165, 1.54) is 0 Å². The van der Waals surface area contributed by atoms with Crippen molar-refractivity contribution < 1.29 is 9.53 Å². The van der Waals surface area contributed by atoms with Gasteiger partial charge in [0.25, 0.3) is 0 Å². The van der Waals surface area contributed by atoms with Gasteiger partial charge in [0.15, 0.2) is 5.82 Å². The Labute approximate surface area is 283 Å². The number of aliphatic imine (C=N–C) groups is 1. The van der Waals surface area contributed by atoms with Gasteiger partial charge in [-0.25, -0.2) is 24.9 Å². The van der Waals surface area contributed by atoms with E-state index in [1.54, 1.807) is 24.8 Å². The largest absolute Gasteiger partial charge is 0.464 e. The summed E-state index contributed by atoms with van der Waals surface area (Å²) in [6.45, 7) is 15.9. The van der Waals surface area contributed by atoms with Gasteiger partial charge in [-0.2, -0.15) is 0 Å². The molecule has 10 nitrogen and oxygen atoms in total. The van der Waals surface area contributed by atoms with Crippen LogP contribution in [-0.2, 0) is 16.6 Å². The molecule has 3 aromatic rings. The molecular formula is C36H47ClN8O2. The fourth-order valence-corrected chi connectivity index (χ4v) is 6.27. The maximum absolute atomic E-state index is 13.8. The van der Waals surface area contributed by atoms with Crippen molar-refractivity contribution in [1.29, 1.82) is 0 Å². The molecule has 1 saturated carbocycles. The van der Waals surface area contributed by atoms with E-state index in [2.05, 4.69) is 61.5 Å². The monoisotopic (exact) mass is 658 g/mol. The number of hydrogen-bond acceptors (Lipinski definition) is 9. The van der Waals surface area contributed by atoms with Crippen LogP contribution in [0.2, 0.25) is 0 Å². The number of allylic oxidation sites excluding steroid dienone is 1. The molecule has 0 spiro atoms. The summed E-state index contributed by atoms with van der Waals surface area (Å²) >= 11 is 6.52. The Hall–Kier alpha value is -3.79. The van der Waals surface area contributed by atoms with Crippen molar-refractivity contribution in [3.05, 3.63) is 59.2 Å². The minimum Gasteiger partial charge on any atom is -0.464 e. The van der Waals surface area contributed by atoms with Crippen molar-refractivity contribution in [3.63, 3.8) is 0 Å². The Kier molecular flexibility index (Phi) is 10.7. The van der Waals surface area contributed by atoms with Crippen molar-refractivity contribution >= 4 is 29.0 Å². The Morgan fingerprint density at radius 2 is 1.66 bits per heavy atom. The SMILES string of the molecule is CCOc1ncc(-c2cnc(N(C(=O)CCC(C)(C)C)C3CCC(Cc4ncc(C(C)(C)C)c(C5=NCC=C5Cl)n4)CC3)cn2)cn1. The maximum Gasteiger partial charge on any atom is 0.316 e. The molecule has 0 atom stereocenters. The molecule has 4 heterocycles. The van der Waals surface area contributed by atoms with Gasteiger partial charge in [0, 0.05) is 48.6 Å². The number of halogens is 1. The first-order valence-electron chi connectivity index (χ1n) is 16.7. The number of amides is 1. The molecule has 0 N–H and O–H groups in total. The van der Waals surface area contributed by atoms with E-state index in [0.29, 0.717) is 48.0 Å². The lowest BCUT2D eigenvalue weighted by Crippen LogP contribution is -2.43. The second kappa shape index (κ2) is 14.5. The summed E-state index contributed by atoms with van der Waals surface area (Å²) in [5.74, 6) is 1.89. The van der Waals surface area contributed by atoms with Crippen LogP contribution in [-0.4, -0.2) is 60.7 Å². The van der Waals surface area contributed by atoms with Gasteiger partial charge >= 0.3 is 6.01 Å². The van der Waals surface area contributed by atoms with E-state index in [0.717, 1.165) is 66.9 Å². The molecule has 47 heavy (non-hydrogen) atoms. The molecule has 3 aromatic heterocycles. The molecule has 0 saturated heterocycles. The number of ether oxygens (including phenoxy) is 1. The second-order valence-corrected chi connectivity index (χ2v) is 15.1. The van der Waals surface area contributed by atoms with E-state index in [9.17, 15) is 4.79 Å². The fourth-order valence-electron chi connectivity index (χ4n) is 6.06. The second-order valence-electron chi connectivity index (χ2n) is 14.7. The Balaban J connectivity index is 1.31. The van der Waals surface area contributed by atoms with Crippen LogP contribution in [0.1, 0.15) is 104 Å². The summed E-state index contributed by atoms with van der Waals surface area (Å²) in [7, 11) is 0. The molecule has 1 amide bonds.